The van der Waals surface area contributed by atoms with Crippen LogP contribution in [0.2, 0.25) is 0 Å². The molecule has 0 aliphatic carbocycles. The molecule has 1 rings (SSSR count). The molecule has 4 heteroatoms. The molecule has 2 N–H and O–H groups in total. The number of hydrogen-bond acceptors (Lipinski definition) is 3. The van der Waals surface area contributed by atoms with Gasteiger partial charge in [-0.25, -0.2) is 0 Å². The van der Waals surface area contributed by atoms with Crippen molar-refractivity contribution in [2.45, 2.75) is 11.0 Å². The summed E-state index contributed by atoms with van der Waals surface area (Å²) in [5.74, 6) is 1.08. The van der Waals surface area contributed by atoms with E-state index in [1.165, 1.54) is 11.8 Å². The van der Waals surface area contributed by atoms with Crippen molar-refractivity contribution in [3.05, 3.63) is 24.3 Å². The number of benzene rings is 1. The molecule has 0 saturated carbocycles. The molecule has 0 aliphatic rings. The minimum absolute atomic E-state index is 0.252. The lowest BCUT2D eigenvalue weighted by Crippen LogP contribution is -2.10. The molecule has 0 saturated heterocycles. The van der Waals surface area contributed by atoms with Crippen molar-refractivity contribution in [3.63, 3.8) is 0 Å². The summed E-state index contributed by atoms with van der Waals surface area (Å²) < 4.78 is 0. The number of phenolic OH excluding ortho intramolecular Hbond substituents is 1. The Balaban J connectivity index is 2.41. The Bertz CT molecular complexity index is 250. The second-order valence-electron chi connectivity index (χ2n) is 2.61. The van der Waals surface area contributed by atoms with Gasteiger partial charge in [0.25, 0.3) is 0 Å². The molecule has 0 aliphatic heterocycles. The van der Waals surface area contributed by atoms with Crippen molar-refractivity contribution in [2.24, 2.45) is 0 Å². The number of aromatic hydroxyl groups is 1. The lowest BCUT2D eigenvalue weighted by atomic mass is 10.3. The van der Waals surface area contributed by atoms with Crippen molar-refractivity contribution in [1.82, 2.24) is 0 Å². The van der Waals surface area contributed by atoms with Crippen molar-refractivity contribution in [2.75, 3.05) is 11.6 Å². The fraction of sp³-hybridized carbons (Fsp3) is 0.333. The first kappa shape index (κ1) is 10.7. The topological polar surface area (TPSA) is 40.5 Å². The van der Waals surface area contributed by atoms with E-state index in [0.717, 1.165) is 4.90 Å². The third kappa shape index (κ3) is 3.89. The van der Waals surface area contributed by atoms with Gasteiger partial charge in [0.15, 0.2) is 0 Å². The first-order valence-electron chi connectivity index (χ1n) is 3.88. The first-order chi connectivity index (χ1) is 6.22. The molecule has 0 aromatic heterocycles. The predicted octanol–water partition coefficient (Wildman–Crippen LogP) is 2.08. The van der Waals surface area contributed by atoms with Gasteiger partial charge < -0.3 is 10.2 Å². The fourth-order valence-corrected chi connectivity index (χ4v) is 1.85. The Morgan fingerprint density at radius 2 is 1.92 bits per heavy atom. The fourth-order valence-electron chi connectivity index (χ4n) is 0.779. The Kier molecular flexibility index (Phi) is 4.42. The molecule has 1 aromatic rings. The molecule has 0 fully saturated rings. The number of rotatable bonds is 4. The normalized spacial score (nSPS) is 12.8. The number of alkyl halides is 1. The monoisotopic (exact) mass is 218 g/mol. The Labute approximate surface area is 86.5 Å². The average molecular weight is 219 g/mol. The molecule has 0 amide bonds. The lowest BCUT2D eigenvalue weighted by Gasteiger charge is -2.05. The summed E-state index contributed by atoms with van der Waals surface area (Å²) in [6.45, 7) is 0. The van der Waals surface area contributed by atoms with Crippen LogP contribution in [-0.2, 0) is 0 Å². The summed E-state index contributed by atoms with van der Waals surface area (Å²) >= 11 is 6.96. The maximum Gasteiger partial charge on any atom is 0.115 e. The van der Waals surface area contributed by atoms with Gasteiger partial charge in [0, 0.05) is 16.5 Å². The second-order valence-corrected chi connectivity index (χ2v) is 4.02. The largest absolute Gasteiger partial charge is 0.508 e. The molecule has 0 heterocycles. The minimum Gasteiger partial charge on any atom is -0.508 e. The summed E-state index contributed by atoms with van der Waals surface area (Å²) in [7, 11) is 0. The summed E-state index contributed by atoms with van der Waals surface area (Å²) in [4.78, 5) is 1.02. The average Bonchev–Trinajstić information content (AvgIpc) is 2.16. The van der Waals surface area contributed by atoms with Gasteiger partial charge in [-0.3, -0.25) is 0 Å². The number of aliphatic hydroxyl groups is 1. The Morgan fingerprint density at radius 1 is 1.31 bits per heavy atom. The van der Waals surface area contributed by atoms with E-state index in [1.54, 1.807) is 24.3 Å². The molecule has 0 spiro atoms. The van der Waals surface area contributed by atoms with Crippen LogP contribution in [0.15, 0.2) is 29.2 Å². The van der Waals surface area contributed by atoms with Crippen molar-refractivity contribution < 1.29 is 10.2 Å². The van der Waals surface area contributed by atoms with Crippen LogP contribution in [0.1, 0.15) is 0 Å². The quantitative estimate of drug-likeness (QED) is 0.601. The van der Waals surface area contributed by atoms with E-state index in [-0.39, 0.29) is 11.6 Å². The van der Waals surface area contributed by atoms with Crippen LogP contribution in [0.3, 0.4) is 0 Å². The molecule has 13 heavy (non-hydrogen) atoms. The highest BCUT2D eigenvalue weighted by Crippen LogP contribution is 2.21. The highest BCUT2D eigenvalue weighted by molar-refractivity contribution is 7.99. The summed E-state index contributed by atoms with van der Waals surface area (Å²) in [6, 6.07) is 6.85. The molecule has 1 unspecified atom stereocenters. The molecule has 0 radical (unpaired) electrons. The number of hydrogen-bond donors (Lipinski definition) is 2. The van der Waals surface area contributed by atoms with Gasteiger partial charge in [-0.05, 0) is 24.3 Å². The van der Waals surface area contributed by atoms with E-state index >= 15 is 0 Å². The summed E-state index contributed by atoms with van der Waals surface area (Å²) in [5, 5.41) is 18.2. The summed E-state index contributed by atoms with van der Waals surface area (Å²) in [6.07, 6.45) is -0.472. The molecule has 2 nitrogen and oxygen atoms in total. The Hall–Kier alpha value is -0.380. The molecule has 1 aromatic carbocycles. The van der Waals surface area contributed by atoms with Crippen LogP contribution in [0.25, 0.3) is 0 Å². The number of thioether (sulfide) groups is 1. The van der Waals surface area contributed by atoms with Gasteiger partial charge in [-0.1, -0.05) is 0 Å². The second kappa shape index (κ2) is 5.37. The molecular weight excluding hydrogens is 208 g/mol. The molecule has 0 bridgehead atoms. The van der Waals surface area contributed by atoms with Gasteiger partial charge in [-0.2, -0.15) is 0 Å². The van der Waals surface area contributed by atoms with Gasteiger partial charge in [0.1, 0.15) is 5.75 Å². The minimum atomic E-state index is -0.472. The van der Waals surface area contributed by atoms with E-state index in [2.05, 4.69) is 0 Å². The zero-order chi connectivity index (χ0) is 9.68. The van der Waals surface area contributed by atoms with E-state index in [9.17, 15) is 5.11 Å². The van der Waals surface area contributed by atoms with Crippen molar-refractivity contribution in [1.29, 1.82) is 0 Å². The molecule has 72 valence electrons. The number of halogens is 1. The van der Waals surface area contributed by atoms with Crippen LogP contribution in [0.5, 0.6) is 5.75 Å². The zero-order valence-corrected chi connectivity index (χ0v) is 8.55. The van der Waals surface area contributed by atoms with Gasteiger partial charge in [0.05, 0.1) is 6.10 Å². The van der Waals surface area contributed by atoms with E-state index in [4.69, 9.17) is 16.7 Å². The van der Waals surface area contributed by atoms with Crippen LogP contribution < -0.4 is 0 Å². The number of phenols is 1. The first-order valence-corrected chi connectivity index (χ1v) is 5.40. The maximum absolute atomic E-state index is 9.17. The third-order valence-corrected chi connectivity index (χ3v) is 2.97. The molecule has 1 atom stereocenters. The van der Waals surface area contributed by atoms with E-state index in [0.29, 0.717) is 5.75 Å². The van der Waals surface area contributed by atoms with Crippen molar-refractivity contribution >= 4 is 23.4 Å². The SMILES string of the molecule is Oc1ccc(SCC(O)CCl)cc1. The smallest absolute Gasteiger partial charge is 0.115 e. The van der Waals surface area contributed by atoms with E-state index < -0.39 is 6.10 Å². The van der Waals surface area contributed by atoms with Crippen LogP contribution in [-0.4, -0.2) is 27.9 Å². The lowest BCUT2D eigenvalue weighted by molar-refractivity contribution is 0.223. The standard InChI is InChI=1S/C9H11ClO2S/c10-5-8(12)6-13-9-3-1-7(11)2-4-9/h1-4,8,11-12H,5-6H2. The van der Waals surface area contributed by atoms with Crippen LogP contribution >= 0.6 is 23.4 Å². The predicted molar refractivity (Wildman–Crippen MR) is 55.6 cm³/mol. The third-order valence-electron chi connectivity index (χ3n) is 1.46. The number of aliphatic hydroxyl groups excluding tert-OH is 1. The highest BCUT2D eigenvalue weighted by atomic mass is 35.5. The van der Waals surface area contributed by atoms with Crippen LogP contribution in [0.4, 0.5) is 0 Å². The summed E-state index contributed by atoms with van der Waals surface area (Å²) in [5.41, 5.74) is 0. The highest BCUT2D eigenvalue weighted by Gasteiger charge is 2.02. The van der Waals surface area contributed by atoms with Gasteiger partial charge in [0.2, 0.25) is 0 Å². The van der Waals surface area contributed by atoms with Crippen molar-refractivity contribution in [3.8, 4) is 5.75 Å². The maximum atomic E-state index is 9.17. The van der Waals surface area contributed by atoms with E-state index in [1.807, 2.05) is 0 Å². The van der Waals surface area contributed by atoms with Gasteiger partial charge >= 0.3 is 0 Å². The van der Waals surface area contributed by atoms with Crippen LogP contribution in [0, 0.1) is 0 Å². The Morgan fingerprint density at radius 3 is 2.46 bits per heavy atom. The molecular formula is C9H11ClO2S. The zero-order valence-electron chi connectivity index (χ0n) is 6.98. The van der Waals surface area contributed by atoms with Gasteiger partial charge in [-0.15, -0.1) is 23.4 Å².